The lowest BCUT2D eigenvalue weighted by Gasteiger charge is -2.43. The summed E-state index contributed by atoms with van der Waals surface area (Å²) in [7, 11) is 2.06. The van der Waals surface area contributed by atoms with Crippen molar-refractivity contribution in [2.24, 2.45) is 11.3 Å². The molecule has 0 radical (unpaired) electrons. The second kappa shape index (κ2) is 5.50. The molecule has 0 saturated carbocycles. The van der Waals surface area contributed by atoms with Crippen LogP contribution in [0.3, 0.4) is 0 Å². The maximum absolute atomic E-state index is 3.39. The van der Waals surface area contributed by atoms with E-state index < -0.39 is 0 Å². The van der Waals surface area contributed by atoms with Crippen molar-refractivity contribution in [3.8, 4) is 0 Å². The van der Waals surface area contributed by atoms with Gasteiger partial charge in [-0.15, -0.1) is 0 Å². The summed E-state index contributed by atoms with van der Waals surface area (Å²) in [5, 5.41) is 3.39. The van der Waals surface area contributed by atoms with Crippen molar-refractivity contribution in [1.29, 1.82) is 0 Å². The van der Waals surface area contributed by atoms with Crippen LogP contribution in [0.25, 0.3) is 0 Å². The van der Waals surface area contributed by atoms with Gasteiger partial charge in [-0.3, -0.25) is 0 Å². The van der Waals surface area contributed by atoms with Gasteiger partial charge in [0.05, 0.1) is 0 Å². The van der Waals surface area contributed by atoms with Crippen molar-refractivity contribution in [3.63, 3.8) is 0 Å². The number of piperidine rings is 1. The normalized spacial score (nSPS) is 30.4. The highest BCUT2D eigenvalue weighted by molar-refractivity contribution is 4.86. The molecule has 3 unspecified atom stereocenters. The van der Waals surface area contributed by atoms with Gasteiger partial charge in [0, 0.05) is 18.6 Å². The van der Waals surface area contributed by atoms with E-state index >= 15 is 0 Å². The predicted octanol–water partition coefficient (Wildman–Crippen LogP) is 2.74. The summed E-state index contributed by atoms with van der Waals surface area (Å²) in [4.78, 5) is 2.67. The molecule has 0 aromatic rings. The number of likely N-dealkylation sites (tertiary alicyclic amines) is 1. The summed E-state index contributed by atoms with van der Waals surface area (Å²) in [5.41, 5.74) is 0.351. The van der Waals surface area contributed by atoms with Gasteiger partial charge in [0.2, 0.25) is 0 Å². The second-order valence-corrected chi connectivity index (χ2v) is 6.45. The zero-order chi connectivity index (χ0) is 12.3. The van der Waals surface area contributed by atoms with Crippen molar-refractivity contribution in [2.75, 3.05) is 20.1 Å². The van der Waals surface area contributed by atoms with Crippen LogP contribution in [0.1, 0.15) is 47.5 Å². The Morgan fingerprint density at radius 1 is 1.38 bits per heavy atom. The Morgan fingerprint density at radius 2 is 2.00 bits per heavy atom. The Morgan fingerprint density at radius 3 is 2.50 bits per heavy atom. The Hall–Kier alpha value is -0.0800. The molecular formula is C14H30N2. The molecular weight excluding hydrogens is 196 g/mol. The van der Waals surface area contributed by atoms with E-state index in [9.17, 15) is 0 Å². The molecule has 1 heterocycles. The van der Waals surface area contributed by atoms with Crippen LogP contribution in [0.2, 0.25) is 0 Å². The van der Waals surface area contributed by atoms with Crippen LogP contribution < -0.4 is 5.32 Å². The second-order valence-electron chi connectivity index (χ2n) is 6.45. The molecule has 3 atom stereocenters. The van der Waals surface area contributed by atoms with E-state index in [4.69, 9.17) is 0 Å². The number of hydrogen-bond acceptors (Lipinski definition) is 2. The lowest BCUT2D eigenvalue weighted by molar-refractivity contribution is 0.0710. The van der Waals surface area contributed by atoms with Crippen molar-refractivity contribution in [1.82, 2.24) is 10.2 Å². The zero-order valence-electron chi connectivity index (χ0n) is 12.0. The van der Waals surface area contributed by atoms with Gasteiger partial charge in [-0.05, 0) is 51.6 Å². The molecule has 0 aliphatic carbocycles. The molecule has 0 amide bonds. The molecule has 2 heteroatoms. The maximum atomic E-state index is 3.39. The molecule has 2 nitrogen and oxygen atoms in total. The lowest BCUT2D eigenvalue weighted by atomic mass is 9.83. The van der Waals surface area contributed by atoms with Crippen LogP contribution in [0, 0.1) is 11.3 Å². The minimum Gasteiger partial charge on any atom is -0.317 e. The third kappa shape index (κ3) is 3.46. The van der Waals surface area contributed by atoms with E-state index in [0.717, 1.165) is 12.0 Å². The molecule has 1 saturated heterocycles. The summed E-state index contributed by atoms with van der Waals surface area (Å²) in [5.74, 6) is 0.913. The molecule has 1 aliphatic heterocycles. The molecule has 0 spiro atoms. The highest BCUT2D eigenvalue weighted by Crippen LogP contribution is 2.28. The number of nitrogens with zero attached hydrogens (tertiary/aromatic N) is 1. The van der Waals surface area contributed by atoms with E-state index in [1.165, 1.54) is 25.9 Å². The van der Waals surface area contributed by atoms with Crippen molar-refractivity contribution < 1.29 is 0 Å². The predicted molar refractivity (Wildman–Crippen MR) is 71.7 cm³/mol. The standard InChI is InChI=1S/C14H30N2/c1-11-7-8-16(12(2)9-11)10-14(4,5)13(3)15-6/h11-13,15H,7-10H2,1-6H3. The van der Waals surface area contributed by atoms with Crippen LogP contribution >= 0.6 is 0 Å². The topological polar surface area (TPSA) is 15.3 Å². The number of nitrogens with one attached hydrogen (secondary N) is 1. The molecule has 1 aliphatic rings. The smallest absolute Gasteiger partial charge is 0.00991 e. The molecule has 1 rings (SSSR count). The van der Waals surface area contributed by atoms with Gasteiger partial charge in [-0.25, -0.2) is 0 Å². The minimum atomic E-state index is 0.351. The highest BCUT2D eigenvalue weighted by Gasteiger charge is 2.31. The van der Waals surface area contributed by atoms with E-state index in [0.29, 0.717) is 11.5 Å². The minimum absolute atomic E-state index is 0.351. The SMILES string of the molecule is CNC(C)C(C)(C)CN1CCC(C)CC1C. The first-order valence-electron chi connectivity index (χ1n) is 6.78. The summed E-state index contributed by atoms with van der Waals surface area (Å²) >= 11 is 0. The Bertz CT molecular complexity index is 213. The molecule has 16 heavy (non-hydrogen) atoms. The van der Waals surface area contributed by atoms with E-state index in [1.807, 2.05) is 0 Å². The van der Waals surface area contributed by atoms with Crippen LogP contribution in [0.4, 0.5) is 0 Å². The largest absolute Gasteiger partial charge is 0.317 e. The van der Waals surface area contributed by atoms with Crippen molar-refractivity contribution >= 4 is 0 Å². The average molecular weight is 226 g/mol. The van der Waals surface area contributed by atoms with E-state index in [2.05, 4.69) is 51.9 Å². The summed E-state index contributed by atoms with van der Waals surface area (Å²) < 4.78 is 0. The third-order valence-corrected chi connectivity index (χ3v) is 4.49. The van der Waals surface area contributed by atoms with Gasteiger partial charge < -0.3 is 10.2 Å². The van der Waals surface area contributed by atoms with Crippen molar-refractivity contribution in [2.45, 2.75) is 59.5 Å². The average Bonchev–Trinajstić information content (AvgIpc) is 2.21. The van der Waals surface area contributed by atoms with Gasteiger partial charge in [0.15, 0.2) is 0 Å². The van der Waals surface area contributed by atoms with E-state index in [1.54, 1.807) is 0 Å². The molecule has 0 bridgehead atoms. The fourth-order valence-electron chi connectivity index (χ4n) is 2.74. The maximum Gasteiger partial charge on any atom is 0.00991 e. The highest BCUT2D eigenvalue weighted by atomic mass is 15.2. The molecule has 96 valence electrons. The van der Waals surface area contributed by atoms with Gasteiger partial charge >= 0.3 is 0 Å². The van der Waals surface area contributed by atoms with Crippen LogP contribution in [-0.4, -0.2) is 37.1 Å². The van der Waals surface area contributed by atoms with Crippen LogP contribution in [0.15, 0.2) is 0 Å². The monoisotopic (exact) mass is 226 g/mol. The Labute approximate surface area is 102 Å². The lowest BCUT2D eigenvalue weighted by Crippen LogP contribution is -2.50. The molecule has 1 N–H and O–H groups in total. The fraction of sp³-hybridized carbons (Fsp3) is 1.00. The molecule has 1 fully saturated rings. The number of rotatable bonds is 4. The summed E-state index contributed by atoms with van der Waals surface area (Å²) in [6, 6.07) is 1.33. The van der Waals surface area contributed by atoms with Gasteiger partial charge in [-0.1, -0.05) is 20.8 Å². The summed E-state index contributed by atoms with van der Waals surface area (Å²) in [6.07, 6.45) is 2.73. The van der Waals surface area contributed by atoms with Gasteiger partial charge in [0.25, 0.3) is 0 Å². The van der Waals surface area contributed by atoms with E-state index in [-0.39, 0.29) is 0 Å². The fourth-order valence-corrected chi connectivity index (χ4v) is 2.74. The third-order valence-electron chi connectivity index (χ3n) is 4.49. The van der Waals surface area contributed by atoms with Crippen LogP contribution in [-0.2, 0) is 0 Å². The van der Waals surface area contributed by atoms with Crippen LogP contribution in [0.5, 0.6) is 0 Å². The first-order valence-corrected chi connectivity index (χ1v) is 6.78. The van der Waals surface area contributed by atoms with Gasteiger partial charge in [-0.2, -0.15) is 0 Å². The number of hydrogen-bond donors (Lipinski definition) is 1. The molecule has 0 aromatic heterocycles. The Kier molecular flexibility index (Phi) is 4.81. The van der Waals surface area contributed by atoms with Gasteiger partial charge in [0.1, 0.15) is 0 Å². The Balaban J connectivity index is 2.53. The van der Waals surface area contributed by atoms with Crippen molar-refractivity contribution in [3.05, 3.63) is 0 Å². The first kappa shape index (κ1) is 14.0. The quantitative estimate of drug-likeness (QED) is 0.793. The molecule has 0 aromatic carbocycles. The first-order chi connectivity index (χ1) is 7.36. The summed E-state index contributed by atoms with van der Waals surface area (Å²) in [6.45, 7) is 14.3. The zero-order valence-corrected chi connectivity index (χ0v) is 12.0.